The summed E-state index contributed by atoms with van der Waals surface area (Å²) in [6, 6.07) is 15.9. The third-order valence-electron chi connectivity index (χ3n) is 5.64. The molecule has 2 heterocycles. The van der Waals surface area contributed by atoms with Crippen molar-refractivity contribution in [2.75, 3.05) is 37.7 Å². The van der Waals surface area contributed by atoms with Crippen molar-refractivity contribution >= 4 is 23.6 Å². The molecule has 0 aromatic heterocycles. The number of ether oxygens (including phenoxy) is 2. The van der Waals surface area contributed by atoms with Gasteiger partial charge in [-0.25, -0.2) is 9.69 Å². The zero-order valence-electron chi connectivity index (χ0n) is 17.5. The van der Waals surface area contributed by atoms with Crippen molar-refractivity contribution in [1.82, 2.24) is 4.90 Å². The van der Waals surface area contributed by atoms with Crippen LogP contribution >= 0.6 is 0 Å². The molecule has 31 heavy (non-hydrogen) atoms. The highest BCUT2D eigenvalue weighted by molar-refractivity contribution is 6.21. The van der Waals surface area contributed by atoms with Gasteiger partial charge in [-0.3, -0.25) is 14.5 Å². The van der Waals surface area contributed by atoms with Crippen LogP contribution in [0.3, 0.4) is 0 Å². The summed E-state index contributed by atoms with van der Waals surface area (Å²) in [6.07, 6.45) is -0.148. The molecule has 0 bridgehead atoms. The molecule has 2 aromatic rings. The Labute approximate surface area is 180 Å². The summed E-state index contributed by atoms with van der Waals surface area (Å²) in [4.78, 5) is 41.5. The van der Waals surface area contributed by atoms with Gasteiger partial charge in [0.2, 0.25) is 5.91 Å². The molecule has 2 aliphatic rings. The number of carbonyl (C=O) groups is 3. The van der Waals surface area contributed by atoms with Crippen molar-refractivity contribution in [3.8, 4) is 11.5 Å². The van der Waals surface area contributed by atoms with Gasteiger partial charge in [0.15, 0.2) is 6.04 Å². The average molecular weight is 424 g/mol. The van der Waals surface area contributed by atoms with E-state index in [1.807, 2.05) is 30.3 Å². The molecule has 3 amide bonds. The van der Waals surface area contributed by atoms with Crippen molar-refractivity contribution in [3.63, 3.8) is 0 Å². The van der Waals surface area contributed by atoms with Crippen LogP contribution in [0.25, 0.3) is 0 Å². The molecule has 2 aliphatic heterocycles. The van der Waals surface area contributed by atoms with E-state index in [1.54, 1.807) is 36.1 Å². The maximum absolute atomic E-state index is 13.1. The van der Waals surface area contributed by atoms with E-state index in [-0.39, 0.29) is 24.3 Å². The zero-order chi connectivity index (χ0) is 21.8. The Morgan fingerprint density at radius 1 is 1.00 bits per heavy atom. The minimum atomic E-state index is -0.419. The van der Waals surface area contributed by atoms with Gasteiger partial charge in [-0.05, 0) is 43.3 Å². The number of quaternary nitrogens is 1. The van der Waals surface area contributed by atoms with Crippen LogP contribution < -0.4 is 14.5 Å². The van der Waals surface area contributed by atoms with Crippen molar-refractivity contribution in [2.24, 2.45) is 0 Å². The second kappa shape index (κ2) is 9.18. The lowest BCUT2D eigenvalue weighted by Crippen LogP contribution is -3.19. The van der Waals surface area contributed by atoms with Crippen LogP contribution in [0.2, 0.25) is 0 Å². The Balaban J connectivity index is 1.39. The van der Waals surface area contributed by atoms with Crippen LogP contribution in [-0.4, -0.2) is 61.6 Å². The predicted molar refractivity (Wildman–Crippen MR) is 113 cm³/mol. The molecule has 0 aliphatic carbocycles. The highest BCUT2D eigenvalue weighted by Crippen LogP contribution is 2.27. The number of imide groups is 1. The van der Waals surface area contributed by atoms with E-state index in [2.05, 4.69) is 0 Å². The first-order valence-corrected chi connectivity index (χ1v) is 10.5. The molecule has 1 atom stereocenters. The monoisotopic (exact) mass is 424 g/mol. The SMILES string of the molecule is CCOC(=O)N1CC[NH+]([C@H]2CC(=O)N(c3ccc(Oc4ccccc4)cc3)C2=O)CC1. The lowest BCUT2D eigenvalue weighted by atomic mass is 10.2. The highest BCUT2D eigenvalue weighted by atomic mass is 16.6. The molecule has 8 heteroatoms. The van der Waals surface area contributed by atoms with E-state index in [1.165, 1.54) is 4.90 Å². The molecular formula is C23H26N3O5+. The Kier molecular flexibility index (Phi) is 6.18. The first-order chi connectivity index (χ1) is 15.1. The van der Waals surface area contributed by atoms with Crippen LogP contribution in [0.15, 0.2) is 54.6 Å². The quantitative estimate of drug-likeness (QED) is 0.736. The predicted octanol–water partition coefficient (Wildman–Crippen LogP) is 1.47. The summed E-state index contributed by atoms with van der Waals surface area (Å²) in [6.45, 7) is 4.36. The number of piperazine rings is 1. The number of anilines is 1. The fourth-order valence-corrected chi connectivity index (χ4v) is 4.05. The van der Waals surface area contributed by atoms with E-state index in [4.69, 9.17) is 9.47 Å². The van der Waals surface area contributed by atoms with E-state index in [9.17, 15) is 14.4 Å². The molecule has 4 rings (SSSR count). The third kappa shape index (κ3) is 4.54. The van der Waals surface area contributed by atoms with Crippen molar-refractivity contribution in [3.05, 3.63) is 54.6 Å². The number of hydrogen-bond acceptors (Lipinski definition) is 5. The normalized spacial score (nSPS) is 19.6. The van der Waals surface area contributed by atoms with Crippen LogP contribution in [-0.2, 0) is 14.3 Å². The maximum Gasteiger partial charge on any atom is 0.410 e. The number of hydrogen-bond donors (Lipinski definition) is 1. The molecule has 2 aromatic carbocycles. The minimum Gasteiger partial charge on any atom is -0.457 e. The van der Waals surface area contributed by atoms with E-state index in [0.717, 1.165) is 4.90 Å². The van der Waals surface area contributed by atoms with E-state index < -0.39 is 6.04 Å². The average Bonchev–Trinajstić information content (AvgIpc) is 3.09. The Morgan fingerprint density at radius 2 is 1.65 bits per heavy atom. The number of para-hydroxylation sites is 1. The number of rotatable bonds is 5. The van der Waals surface area contributed by atoms with Crippen molar-refractivity contribution in [2.45, 2.75) is 19.4 Å². The molecular weight excluding hydrogens is 398 g/mol. The van der Waals surface area contributed by atoms with Crippen LogP contribution in [0.1, 0.15) is 13.3 Å². The Morgan fingerprint density at radius 3 is 2.29 bits per heavy atom. The molecule has 0 saturated carbocycles. The number of carbonyl (C=O) groups excluding carboxylic acids is 3. The first kappa shape index (κ1) is 20.9. The summed E-state index contributed by atoms with van der Waals surface area (Å²) in [5.74, 6) is 0.953. The first-order valence-electron chi connectivity index (χ1n) is 10.5. The number of nitrogens with one attached hydrogen (secondary N) is 1. The van der Waals surface area contributed by atoms with Crippen LogP contribution in [0.5, 0.6) is 11.5 Å². The minimum absolute atomic E-state index is 0.176. The number of benzene rings is 2. The Bertz CT molecular complexity index is 939. The summed E-state index contributed by atoms with van der Waals surface area (Å²) < 4.78 is 10.8. The van der Waals surface area contributed by atoms with Crippen molar-refractivity contribution in [1.29, 1.82) is 0 Å². The molecule has 2 saturated heterocycles. The lowest BCUT2D eigenvalue weighted by molar-refractivity contribution is -0.918. The summed E-state index contributed by atoms with van der Waals surface area (Å²) >= 11 is 0. The zero-order valence-corrected chi connectivity index (χ0v) is 17.5. The molecule has 1 N–H and O–H groups in total. The molecule has 0 spiro atoms. The molecule has 0 radical (unpaired) electrons. The van der Waals surface area contributed by atoms with Crippen LogP contribution in [0.4, 0.5) is 10.5 Å². The highest BCUT2D eigenvalue weighted by Gasteiger charge is 2.46. The molecule has 162 valence electrons. The van der Waals surface area contributed by atoms with Crippen molar-refractivity contribution < 1.29 is 28.8 Å². The summed E-state index contributed by atoms with van der Waals surface area (Å²) in [5, 5.41) is 0. The third-order valence-corrected chi connectivity index (χ3v) is 5.64. The Hall–Kier alpha value is -3.39. The van der Waals surface area contributed by atoms with Gasteiger partial charge >= 0.3 is 6.09 Å². The van der Waals surface area contributed by atoms with E-state index >= 15 is 0 Å². The van der Waals surface area contributed by atoms with Gasteiger partial charge < -0.3 is 14.4 Å². The standard InChI is InChI=1S/C23H25N3O5/c1-2-30-23(29)25-14-12-24(13-15-25)20-16-21(27)26(22(20)28)17-8-10-19(11-9-17)31-18-6-4-3-5-7-18/h3-11,20H,2,12-16H2,1H3/p+1/t20-/m0/s1. The molecule has 2 fully saturated rings. The summed E-state index contributed by atoms with van der Waals surface area (Å²) in [7, 11) is 0. The van der Waals surface area contributed by atoms with Gasteiger partial charge in [-0.15, -0.1) is 0 Å². The van der Waals surface area contributed by atoms with Gasteiger partial charge in [0.1, 0.15) is 11.5 Å². The fourth-order valence-electron chi connectivity index (χ4n) is 4.05. The van der Waals surface area contributed by atoms with Gasteiger partial charge in [0, 0.05) is 0 Å². The second-order valence-electron chi connectivity index (χ2n) is 7.58. The van der Waals surface area contributed by atoms with Gasteiger partial charge in [0.25, 0.3) is 5.91 Å². The van der Waals surface area contributed by atoms with E-state index in [0.29, 0.717) is 50.0 Å². The number of nitrogens with zero attached hydrogens (tertiary/aromatic N) is 2. The second-order valence-corrected chi connectivity index (χ2v) is 7.58. The summed E-state index contributed by atoms with van der Waals surface area (Å²) in [5.41, 5.74) is 0.544. The topological polar surface area (TPSA) is 80.6 Å². The smallest absolute Gasteiger partial charge is 0.410 e. The van der Waals surface area contributed by atoms with Gasteiger partial charge in [-0.2, -0.15) is 0 Å². The largest absolute Gasteiger partial charge is 0.457 e. The maximum atomic E-state index is 13.1. The lowest BCUT2D eigenvalue weighted by Gasteiger charge is -2.33. The van der Waals surface area contributed by atoms with Crippen LogP contribution in [0, 0.1) is 0 Å². The molecule has 0 unspecified atom stereocenters. The van der Waals surface area contributed by atoms with Gasteiger partial charge in [0.05, 0.1) is 44.9 Å². The number of amides is 3. The van der Waals surface area contributed by atoms with Gasteiger partial charge in [-0.1, -0.05) is 18.2 Å². The molecule has 8 nitrogen and oxygen atoms in total. The fraction of sp³-hybridized carbons (Fsp3) is 0.348.